The molecule has 1 rings (SSSR count). The molecule has 0 radical (unpaired) electrons. The van der Waals surface area contributed by atoms with Crippen LogP contribution in [0.2, 0.25) is 0 Å². The molecule has 0 bridgehead atoms. The minimum Gasteiger partial charge on any atom is -0.490 e. The fourth-order valence-electron chi connectivity index (χ4n) is 2.15. The van der Waals surface area contributed by atoms with Crippen molar-refractivity contribution in [1.82, 2.24) is 0 Å². The maximum Gasteiger partial charge on any atom is 0.323 e. The number of methoxy groups -OCH3 is 2. The summed E-state index contributed by atoms with van der Waals surface area (Å²) in [4.78, 5) is 24.1. The highest BCUT2D eigenvalue weighted by atomic mass is 16.5. The first kappa shape index (κ1) is 18.5. The molecule has 0 aromatic heterocycles. The smallest absolute Gasteiger partial charge is 0.323 e. The molecule has 0 spiro atoms. The van der Waals surface area contributed by atoms with Crippen LogP contribution in [0.25, 0.3) is 0 Å². The van der Waals surface area contributed by atoms with E-state index in [4.69, 9.17) is 14.2 Å². The quantitative estimate of drug-likeness (QED) is 0.398. The second-order valence-corrected chi connectivity index (χ2v) is 4.86. The average Bonchev–Trinajstić information content (AvgIpc) is 2.60. The number of hydrogen-bond donors (Lipinski definition) is 0. The van der Waals surface area contributed by atoms with Gasteiger partial charge < -0.3 is 14.2 Å². The van der Waals surface area contributed by atoms with Crippen LogP contribution < -0.4 is 4.74 Å². The number of carbonyl (C=O) groups excluding carboxylic acids is 2. The van der Waals surface area contributed by atoms with Crippen LogP contribution in [-0.2, 0) is 19.1 Å². The number of benzene rings is 1. The van der Waals surface area contributed by atoms with Gasteiger partial charge >= 0.3 is 11.9 Å². The lowest BCUT2D eigenvalue weighted by Crippen LogP contribution is -2.40. The summed E-state index contributed by atoms with van der Waals surface area (Å²) in [5.41, 5.74) is -1.41. The molecule has 0 atom stereocenters. The van der Waals surface area contributed by atoms with Crippen LogP contribution in [0, 0.1) is 5.41 Å². The third-order valence-corrected chi connectivity index (χ3v) is 3.37. The van der Waals surface area contributed by atoms with Crippen molar-refractivity contribution in [3.05, 3.63) is 55.1 Å². The van der Waals surface area contributed by atoms with E-state index in [-0.39, 0.29) is 12.8 Å². The molecule has 1 aromatic rings. The van der Waals surface area contributed by atoms with Crippen molar-refractivity contribution in [2.45, 2.75) is 12.8 Å². The van der Waals surface area contributed by atoms with E-state index >= 15 is 0 Å². The third-order valence-electron chi connectivity index (χ3n) is 3.37. The van der Waals surface area contributed by atoms with E-state index in [1.165, 1.54) is 20.3 Å². The molecule has 1 aromatic carbocycles. The second-order valence-electron chi connectivity index (χ2n) is 4.86. The van der Waals surface area contributed by atoms with Crippen LogP contribution in [0.15, 0.2) is 55.1 Å². The molecule has 0 saturated heterocycles. The predicted molar refractivity (Wildman–Crippen MR) is 87.0 cm³/mol. The molecule has 0 saturated carbocycles. The lowest BCUT2D eigenvalue weighted by molar-refractivity contribution is -0.168. The Morgan fingerprint density at radius 2 is 1.65 bits per heavy atom. The fourth-order valence-corrected chi connectivity index (χ4v) is 2.15. The van der Waals surface area contributed by atoms with Crippen LogP contribution in [0.1, 0.15) is 12.8 Å². The fraction of sp³-hybridized carbons (Fsp3) is 0.333. The zero-order valence-electron chi connectivity index (χ0n) is 13.5. The normalized spacial score (nSPS) is 11.0. The van der Waals surface area contributed by atoms with Crippen molar-refractivity contribution in [3.63, 3.8) is 0 Å². The molecule has 0 fully saturated rings. The van der Waals surface area contributed by atoms with Gasteiger partial charge in [-0.1, -0.05) is 36.4 Å². The van der Waals surface area contributed by atoms with Gasteiger partial charge in [-0.3, -0.25) is 9.59 Å². The van der Waals surface area contributed by atoms with Crippen LogP contribution in [0.3, 0.4) is 0 Å². The number of carbonyl (C=O) groups is 2. The summed E-state index contributed by atoms with van der Waals surface area (Å²) in [6.45, 7) is 3.93. The van der Waals surface area contributed by atoms with Gasteiger partial charge in [-0.25, -0.2) is 0 Å². The van der Waals surface area contributed by atoms with Gasteiger partial charge in [0.2, 0.25) is 0 Å². The molecule has 0 heterocycles. The Bertz CT molecular complexity index is 532. The van der Waals surface area contributed by atoms with Crippen molar-refractivity contribution in [3.8, 4) is 5.75 Å². The summed E-state index contributed by atoms with van der Waals surface area (Å²) < 4.78 is 15.0. The summed E-state index contributed by atoms with van der Waals surface area (Å²) in [5, 5.41) is 0. The lowest BCUT2D eigenvalue weighted by Gasteiger charge is -2.25. The van der Waals surface area contributed by atoms with Crippen LogP contribution in [-0.4, -0.2) is 32.8 Å². The SMILES string of the molecule is C=CCC(C/C=C/COc1ccccc1)(C(=O)OC)C(=O)OC. The minimum atomic E-state index is -1.41. The van der Waals surface area contributed by atoms with E-state index < -0.39 is 17.4 Å². The molecule has 0 aliphatic carbocycles. The first-order valence-corrected chi connectivity index (χ1v) is 7.21. The third kappa shape index (κ3) is 4.98. The van der Waals surface area contributed by atoms with Crippen molar-refractivity contribution in [1.29, 1.82) is 0 Å². The first-order valence-electron chi connectivity index (χ1n) is 7.21. The Labute approximate surface area is 136 Å². The molecular formula is C18H22O5. The number of allylic oxidation sites excluding steroid dienone is 2. The van der Waals surface area contributed by atoms with Crippen LogP contribution >= 0.6 is 0 Å². The van der Waals surface area contributed by atoms with Gasteiger partial charge in [0.15, 0.2) is 5.41 Å². The van der Waals surface area contributed by atoms with Crippen LogP contribution in [0.5, 0.6) is 5.75 Å². The van der Waals surface area contributed by atoms with E-state index in [0.29, 0.717) is 6.61 Å². The van der Waals surface area contributed by atoms with E-state index in [0.717, 1.165) is 5.75 Å². The zero-order chi connectivity index (χ0) is 17.1. The maximum absolute atomic E-state index is 12.1. The molecule has 5 heteroatoms. The van der Waals surface area contributed by atoms with Crippen LogP contribution in [0.4, 0.5) is 0 Å². The molecule has 0 aliphatic rings. The molecule has 0 aliphatic heterocycles. The summed E-state index contributed by atoms with van der Waals surface area (Å²) in [5.74, 6) is -0.536. The van der Waals surface area contributed by atoms with Gasteiger partial charge in [0.05, 0.1) is 14.2 Å². The standard InChI is InChI=1S/C18H22O5/c1-4-12-18(16(19)21-2,17(20)22-3)13-8-9-14-23-15-10-6-5-7-11-15/h4-11H,1,12-14H2,2-3H3/b9-8+. The molecular weight excluding hydrogens is 296 g/mol. The van der Waals surface area contributed by atoms with Gasteiger partial charge in [-0.2, -0.15) is 0 Å². The predicted octanol–water partition coefficient (Wildman–Crippen LogP) is 2.92. The summed E-state index contributed by atoms with van der Waals surface area (Å²) >= 11 is 0. The number of ether oxygens (including phenoxy) is 3. The van der Waals surface area contributed by atoms with Gasteiger partial charge in [0, 0.05) is 0 Å². The lowest BCUT2D eigenvalue weighted by atomic mass is 9.81. The first-order chi connectivity index (χ1) is 11.1. The number of hydrogen-bond acceptors (Lipinski definition) is 5. The van der Waals surface area contributed by atoms with E-state index in [9.17, 15) is 9.59 Å². The Balaban J connectivity index is 2.72. The Kier molecular flexibility index (Phi) is 7.60. The molecule has 0 N–H and O–H groups in total. The van der Waals surface area contributed by atoms with Crippen molar-refractivity contribution in [2.75, 3.05) is 20.8 Å². The monoisotopic (exact) mass is 318 g/mol. The molecule has 0 unspecified atom stereocenters. The zero-order valence-corrected chi connectivity index (χ0v) is 13.5. The largest absolute Gasteiger partial charge is 0.490 e. The van der Waals surface area contributed by atoms with Crippen molar-refractivity contribution < 1.29 is 23.8 Å². The topological polar surface area (TPSA) is 61.8 Å². The average molecular weight is 318 g/mol. The van der Waals surface area contributed by atoms with E-state index in [1.807, 2.05) is 30.3 Å². The second kappa shape index (κ2) is 9.46. The van der Waals surface area contributed by atoms with Gasteiger partial charge in [0.1, 0.15) is 12.4 Å². The summed E-state index contributed by atoms with van der Waals surface area (Å²) in [6, 6.07) is 9.35. The van der Waals surface area contributed by atoms with E-state index in [2.05, 4.69) is 6.58 Å². The number of rotatable bonds is 9. The summed E-state index contributed by atoms with van der Waals surface area (Å²) in [7, 11) is 2.48. The van der Waals surface area contributed by atoms with Gasteiger partial charge in [-0.15, -0.1) is 6.58 Å². The maximum atomic E-state index is 12.1. The molecule has 124 valence electrons. The highest BCUT2D eigenvalue weighted by Crippen LogP contribution is 2.31. The Hall–Kier alpha value is -2.56. The van der Waals surface area contributed by atoms with Gasteiger partial charge in [-0.05, 0) is 25.0 Å². The van der Waals surface area contributed by atoms with Crippen molar-refractivity contribution in [2.24, 2.45) is 5.41 Å². The minimum absolute atomic E-state index is 0.135. The van der Waals surface area contributed by atoms with Crippen molar-refractivity contribution >= 4 is 11.9 Å². The summed E-state index contributed by atoms with van der Waals surface area (Å²) in [6.07, 6.45) is 5.24. The molecule has 23 heavy (non-hydrogen) atoms. The highest BCUT2D eigenvalue weighted by molar-refractivity contribution is 6.00. The molecule has 0 amide bonds. The van der Waals surface area contributed by atoms with Gasteiger partial charge in [0.25, 0.3) is 0 Å². The molecule has 5 nitrogen and oxygen atoms in total. The Morgan fingerprint density at radius 1 is 1.04 bits per heavy atom. The number of para-hydroxylation sites is 1. The Morgan fingerprint density at radius 3 is 2.17 bits per heavy atom. The van der Waals surface area contributed by atoms with E-state index in [1.54, 1.807) is 12.2 Å². The highest BCUT2D eigenvalue weighted by Gasteiger charge is 2.46. The number of esters is 2.